The van der Waals surface area contributed by atoms with Crippen LogP contribution in [0.15, 0.2) is 172 Å². The predicted molar refractivity (Wildman–Crippen MR) is 264 cm³/mol. The Kier molecular flexibility index (Phi) is 6.79. The molecule has 0 saturated carbocycles. The van der Waals surface area contributed by atoms with Crippen LogP contribution >= 0.6 is 0 Å². The molecular weight excluding hydrogens is 817 g/mol. The molecule has 7 aromatic carbocycles. The van der Waals surface area contributed by atoms with Crippen molar-refractivity contribution in [2.45, 2.75) is 38.0 Å². The Hall–Kier alpha value is -8.22. The van der Waals surface area contributed by atoms with Gasteiger partial charge in [-0.1, -0.05) is 72.8 Å². The minimum Gasteiger partial charge on any atom is -0.452 e. The van der Waals surface area contributed by atoms with E-state index in [9.17, 15) is 0 Å². The van der Waals surface area contributed by atoms with Crippen molar-refractivity contribution in [1.29, 1.82) is 0 Å². The van der Waals surface area contributed by atoms with Crippen molar-refractivity contribution in [3.63, 3.8) is 0 Å². The van der Waals surface area contributed by atoms with Crippen LogP contribution in [-0.4, -0.2) is 0 Å². The summed E-state index contributed by atoms with van der Waals surface area (Å²) >= 11 is 0. The average Bonchev–Trinajstić information content (AvgIpc) is 4.22. The summed E-state index contributed by atoms with van der Waals surface area (Å²) in [7, 11) is 0. The molecule has 6 nitrogen and oxygen atoms in total. The van der Waals surface area contributed by atoms with Crippen molar-refractivity contribution < 1.29 is 26.5 Å². The van der Waals surface area contributed by atoms with Crippen molar-refractivity contribution in [1.82, 2.24) is 0 Å². The Bertz CT molecular complexity index is 4390. The second-order valence-corrected chi connectivity index (χ2v) is 18.4. The highest BCUT2D eigenvalue weighted by molar-refractivity contribution is 6.19. The van der Waals surface area contributed by atoms with E-state index in [1.54, 1.807) is 0 Å². The van der Waals surface area contributed by atoms with Gasteiger partial charge in [0.1, 0.15) is 33.7 Å². The van der Waals surface area contributed by atoms with Gasteiger partial charge in [0.15, 0.2) is 33.9 Å². The van der Waals surface area contributed by atoms with Gasteiger partial charge in [-0.3, -0.25) is 0 Å². The first-order chi connectivity index (χ1) is 32.6. The number of aryl methyl sites for hydroxylation is 3. The van der Waals surface area contributed by atoms with Gasteiger partial charge in [-0.25, -0.2) is 0 Å². The zero-order valence-corrected chi connectivity index (χ0v) is 35.5. The molecule has 1 unspecified atom stereocenters. The molecule has 3 aliphatic rings. The molecule has 1 atom stereocenters. The van der Waals surface area contributed by atoms with Gasteiger partial charge in [0.2, 0.25) is 0 Å². The quantitative estimate of drug-likeness (QED) is 0.176. The Morgan fingerprint density at radius 3 is 1.74 bits per heavy atom. The fourth-order valence-corrected chi connectivity index (χ4v) is 11.7. The van der Waals surface area contributed by atoms with E-state index in [1.807, 2.05) is 24.3 Å². The van der Waals surface area contributed by atoms with Crippen molar-refractivity contribution in [3.8, 4) is 11.5 Å². The third kappa shape index (κ3) is 4.80. The van der Waals surface area contributed by atoms with Crippen LogP contribution in [0.1, 0.15) is 57.9 Å². The number of allylic oxidation sites excluding steroid dienone is 5. The summed E-state index contributed by atoms with van der Waals surface area (Å²) < 4.78 is 39.2. The van der Waals surface area contributed by atoms with Crippen molar-refractivity contribution in [2.24, 2.45) is 0 Å². The fraction of sp³-hybridized carbons (Fsp3) is 0.100. The van der Waals surface area contributed by atoms with E-state index >= 15 is 0 Å². The molecule has 0 aliphatic heterocycles. The minimum absolute atomic E-state index is 0.0891. The standard InChI is InChI=1S/C60H36O6/c1-4-10-49-37(7-1)40-16-19-43-46-28-31(13-22-52(46)64-58(43)55(40)61-49)34-25-35(32-14-23-53-47(29-32)44-20-17-41-38-8-2-5-11-50(38)62-56(41)59(44)65-53)27-36(26-34)33-15-24-54-48(30-33)45-21-18-42-39-9-3-6-12-51(39)63-57(42)60(45)66-54/h1-2,4-8,10-16,18-19,21-24,26-30,35H,3,9,17,20,25H2. The number of benzene rings is 7. The number of furan rings is 6. The lowest BCUT2D eigenvalue weighted by molar-refractivity contribution is 0.556. The maximum absolute atomic E-state index is 6.65. The Morgan fingerprint density at radius 2 is 0.985 bits per heavy atom. The smallest absolute Gasteiger partial charge is 0.178 e. The highest BCUT2D eigenvalue weighted by atomic mass is 16.4. The molecule has 3 aliphatic carbocycles. The molecule has 0 radical (unpaired) electrons. The summed E-state index contributed by atoms with van der Waals surface area (Å²) in [5.41, 5.74) is 17.3. The van der Waals surface area contributed by atoms with Crippen molar-refractivity contribution >= 4 is 116 Å². The highest BCUT2D eigenvalue weighted by Crippen LogP contribution is 2.48. The normalized spacial score (nSPS) is 16.2. The van der Waals surface area contributed by atoms with Gasteiger partial charge in [0, 0.05) is 71.1 Å². The summed E-state index contributed by atoms with van der Waals surface area (Å²) in [6.07, 6.45) is 13.8. The van der Waals surface area contributed by atoms with Crippen LogP contribution in [0.2, 0.25) is 0 Å². The van der Waals surface area contributed by atoms with Gasteiger partial charge < -0.3 is 26.5 Å². The lowest BCUT2D eigenvalue weighted by Gasteiger charge is -2.23. The van der Waals surface area contributed by atoms with Gasteiger partial charge in [-0.05, 0) is 139 Å². The third-order valence-electron chi connectivity index (χ3n) is 14.9. The Morgan fingerprint density at radius 1 is 0.409 bits per heavy atom. The first-order valence-corrected chi connectivity index (χ1v) is 23.0. The third-order valence-corrected chi connectivity index (χ3v) is 14.9. The summed E-state index contributed by atoms with van der Waals surface area (Å²) in [4.78, 5) is 0. The Balaban J connectivity index is 0.854. The molecule has 0 saturated heterocycles. The topological polar surface area (TPSA) is 78.8 Å². The summed E-state index contributed by atoms with van der Waals surface area (Å²) in [5.74, 6) is 2.77. The molecule has 0 spiro atoms. The fourth-order valence-electron chi connectivity index (χ4n) is 11.7. The predicted octanol–water partition coefficient (Wildman–Crippen LogP) is 17.0. The Labute approximate surface area is 375 Å². The van der Waals surface area contributed by atoms with Crippen molar-refractivity contribution in [2.75, 3.05) is 0 Å². The molecule has 6 heterocycles. The molecule has 0 fully saturated rings. The second kappa shape index (κ2) is 12.7. The van der Waals surface area contributed by atoms with Crippen LogP contribution in [0.25, 0.3) is 127 Å². The molecule has 0 bridgehead atoms. The van der Waals surface area contributed by atoms with Gasteiger partial charge >= 0.3 is 0 Å². The van der Waals surface area contributed by atoms with Crippen LogP contribution in [0, 0.1) is 0 Å². The molecule has 6 heteroatoms. The second-order valence-electron chi connectivity index (χ2n) is 18.4. The van der Waals surface area contributed by atoms with E-state index in [2.05, 4.69) is 127 Å². The van der Waals surface area contributed by atoms with E-state index < -0.39 is 0 Å². The summed E-state index contributed by atoms with van der Waals surface area (Å²) in [6, 6.07) is 45.3. The number of rotatable bonds is 3. The molecule has 6 aromatic heterocycles. The summed E-state index contributed by atoms with van der Waals surface area (Å²) in [6.45, 7) is 0. The molecule has 0 N–H and O–H groups in total. The van der Waals surface area contributed by atoms with Gasteiger partial charge in [-0.2, -0.15) is 0 Å². The first-order valence-electron chi connectivity index (χ1n) is 23.0. The van der Waals surface area contributed by atoms with Crippen LogP contribution in [-0.2, 0) is 19.3 Å². The largest absolute Gasteiger partial charge is 0.452 e. The molecule has 16 rings (SSSR count). The lowest BCUT2D eigenvalue weighted by atomic mass is 9.80. The number of hydrogen-bond donors (Lipinski definition) is 0. The monoisotopic (exact) mass is 852 g/mol. The molecule has 66 heavy (non-hydrogen) atoms. The molecule has 312 valence electrons. The number of hydrogen-bond acceptors (Lipinski definition) is 6. The maximum Gasteiger partial charge on any atom is 0.178 e. The molecule has 0 amide bonds. The SMILES string of the molecule is C1=Cc2oc3c(ccc4c5cc(C6=CC(c7ccc8oc9c(c8c7)CCc7c-9oc8ccccc78)CC(c7ccc8oc9c(ccc%10c%11ccccc%11oc%109)c8c7)=C6)ccc5oc43)c2CC1. The van der Waals surface area contributed by atoms with E-state index in [0.29, 0.717) is 0 Å². The van der Waals surface area contributed by atoms with Gasteiger partial charge in [0.05, 0.1) is 0 Å². The van der Waals surface area contributed by atoms with E-state index in [1.165, 1.54) is 38.8 Å². The van der Waals surface area contributed by atoms with Gasteiger partial charge in [0.25, 0.3) is 0 Å². The van der Waals surface area contributed by atoms with Crippen molar-refractivity contribution in [3.05, 3.63) is 185 Å². The first kappa shape index (κ1) is 35.2. The zero-order valence-electron chi connectivity index (χ0n) is 35.5. The van der Waals surface area contributed by atoms with Crippen LogP contribution in [0.3, 0.4) is 0 Å². The van der Waals surface area contributed by atoms with E-state index in [4.69, 9.17) is 26.5 Å². The van der Waals surface area contributed by atoms with Crippen LogP contribution in [0.4, 0.5) is 0 Å². The number of para-hydroxylation sites is 2. The zero-order chi connectivity index (χ0) is 42.8. The summed E-state index contributed by atoms with van der Waals surface area (Å²) in [5, 5.41) is 9.89. The van der Waals surface area contributed by atoms with E-state index in [0.717, 1.165) is 154 Å². The molecular formula is C60H36O6. The van der Waals surface area contributed by atoms with E-state index in [-0.39, 0.29) is 5.92 Å². The van der Waals surface area contributed by atoms with Gasteiger partial charge in [-0.15, -0.1) is 0 Å². The maximum atomic E-state index is 6.65. The van der Waals surface area contributed by atoms with Crippen LogP contribution in [0.5, 0.6) is 0 Å². The average molecular weight is 853 g/mol. The molecule has 13 aromatic rings. The highest BCUT2D eigenvalue weighted by Gasteiger charge is 2.30. The van der Waals surface area contributed by atoms with Crippen LogP contribution < -0.4 is 0 Å². The number of fused-ring (bicyclic) bond motifs is 21. The minimum atomic E-state index is 0.0891. The lowest BCUT2D eigenvalue weighted by Crippen LogP contribution is -2.04.